The summed E-state index contributed by atoms with van der Waals surface area (Å²) in [5, 5.41) is 15.8. The van der Waals surface area contributed by atoms with E-state index in [2.05, 4.69) is 15.4 Å². The van der Waals surface area contributed by atoms with Crippen molar-refractivity contribution in [2.75, 3.05) is 19.7 Å². The highest BCUT2D eigenvalue weighted by Crippen LogP contribution is 2.65. The summed E-state index contributed by atoms with van der Waals surface area (Å²) in [6.07, 6.45) is -6.37. The first-order chi connectivity index (χ1) is 17.3. The van der Waals surface area contributed by atoms with Crippen LogP contribution >= 0.6 is 0 Å². The lowest BCUT2D eigenvalue weighted by Gasteiger charge is -2.32. The fraction of sp³-hybridized carbons (Fsp3) is 0.600. The largest absolute Gasteiger partial charge is 0.522 e. The third kappa shape index (κ3) is 5.64. The average Bonchev–Trinajstić information content (AvgIpc) is 3.20. The lowest BCUT2D eigenvalue weighted by Crippen LogP contribution is -2.55. The molecule has 3 amide bonds. The average molecular weight is 526 g/mol. The third-order valence-electron chi connectivity index (χ3n) is 7.88. The number of nitrogens with one attached hydrogen (secondary N) is 2. The van der Waals surface area contributed by atoms with Crippen LogP contribution in [0.25, 0.3) is 0 Å². The van der Waals surface area contributed by atoms with Crippen molar-refractivity contribution in [3.63, 3.8) is 0 Å². The number of alkyl halides is 3. The summed E-state index contributed by atoms with van der Waals surface area (Å²) in [4.78, 5) is 52.7. The Balaban J connectivity index is 1.53. The Morgan fingerprint density at radius 2 is 1.92 bits per heavy atom. The number of ether oxygens (including phenoxy) is 1. The first kappa shape index (κ1) is 27.1. The Morgan fingerprint density at radius 1 is 1.24 bits per heavy atom. The fourth-order valence-corrected chi connectivity index (χ4v) is 5.68. The van der Waals surface area contributed by atoms with E-state index in [0.717, 1.165) is 0 Å². The third-order valence-corrected chi connectivity index (χ3v) is 7.88. The van der Waals surface area contributed by atoms with Gasteiger partial charge in [-0.15, -0.1) is 13.2 Å². The number of carbonyl (C=O) groups excluding carboxylic acids is 4. The van der Waals surface area contributed by atoms with Crippen LogP contribution in [0.2, 0.25) is 0 Å². The fourth-order valence-electron chi connectivity index (χ4n) is 5.68. The summed E-state index contributed by atoms with van der Waals surface area (Å²) in [6.45, 7) is 3.15. The van der Waals surface area contributed by atoms with Gasteiger partial charge in [0.15, 0.2) is 11.9 Å². The summed E-state index contributed by atoms with van der Waals surface area (Å²) in [7, 11) is 0. The van der Waals surface area contributed by atoms with Crippen LogP contribution in [0.1, 0.15) is 38.4 Å². The maximum atomic E-state index is 13.5. The molecule has 0 bridgehead atoms. The van der Waals surface area contributed by atoms with Gasteiger partial charge in [0, 0.05) is 19.0 Å². The second-order valence-corrected chi connectivity index (χ2v) is 10.5. The summed E-state index contributed by atoms with van der Waals surface area (Å²) in [5.41, 5.74) is 0.0804. The number of hydrogen-bond donors (Lipinski definition) is 3. The Labute approximate surface area is 211 Å². The number of Topliss-reactive ketones (excluding diaryl/α,β-unsaturated/α-hetero) is 1. The maximum absolute atomic E-state index is 13.5. The van der Waals surface area contributed by atoms with Crippen molar-refractivity contribution in [1.82, 2.24) is 15.5 Å². The van der Waals surface area contributed by atoms with E-state index in [1.807, 2.05) is 13.8 Å². The molecule has 0 radical (unpaired) electrons. The molecule has 4 rings (SSSR count). The van der Waals surface area contributed by atoms with E-state index < -0.39 is 54.7 Å². The van der Waals surface area contributed by atoms with Crippen LogP contribution in [0.15, 0.2) is 30.3 Å². The molecular formula is C25H30F3N3O6. The molecule has 0 aromatic heterocycles. The predicted octanol–water partition coefficient (Wildman–Crippen LogP) is 1.32. The lowest BCUT2D eigenvalue weighted by atomic mass is 9.94. The molecule has 1 aromatic carbocycles. The minimum atomic E-state index is -5.04. The van der Waals surface area contributed by atoms with Crippen molar-refractivity contribution in [3.8, 4) is 0 Å². The van der Waals surface area contributed by atoms with Crippen LogP contribution in [0.3, 0.4) is 0 Å². The van der Waals surface area contributed by atoms with E-state index in [1.54, 1.807) is 30.3 Å². The van der Waals surface area contributed by atoms with Crippen LogP contribution < -0.4 is 10.6 Å². The van der Waals surface area contributed by atoms with E-state index in [-0.39, 0.29) is 36.1 Å². The van der Waals surface area contributed by atoms with E-state index in [4.69, 9.17) is 0 Å². The molecule has 1 aromatic rings. The molecule has 2 aliphatic heterocycles. The smallest absolute Gasteiger partial charge is 0.378 e. The van der Waals surface area contributed by atoms with Crippen LogP contribution in [0, 0.1) is 23.2 Å². The van der Waals surface area contributed by atoms with Crippen molar-refractivity contribution in [2.24, 2.45) is 23.2 Å². The zero-order chi connectivity index (χ0) is 27.1. The molecule has 1 aliphatic carbocycles. The van der Waals surface area contributed by atoms with E-state index in [0.29, 0.717) is 18.5 Å². The van der Waals surface area contributed by atoms with Gasteiger partial charge < -0.3 is 20.6 Å². The second-order valence-electron chi connectivity index (χ2n) is 10.5. The molecular weight excluding hydrogens is 495 g/mol. The molecule has 37 heavy (non-hydrogen) atoms. The van der Waals surface area contributed by atoms with Crippen molar-refractivity contribution in [3.05, 3.63) is 35.9 Å². The predicted molar refractivity (Wildman–Crippen MR) is 122 cm³/mol. The van der Waals surface area contributed by atoms with Crippen molar-refractivity contribution in [1.29, 1.82) is 0 Å². The molecule has 9 nitrogen and oxygen atoms in total. The van der Waals surface area contributed by atoms with Crippen LogP contribution in [0.5, 0.6) is 0 Å². The topological polar surface area (TPSA) is 125 Å². The van der Waals surface area contributed by atoms with Gasteiger partial charge in [-0.2, -0.15) is 0 Å². The Morgan fingerprint density at radius 3 is 2.51 bits per heavy atom. The molecule has 2 saturated heterocycles. The van der Waals surface area contributed by atoms with E-state index in [9.17, 15) is 37.5 Å². The summed E-state index contributed by atoms with van der Waals surface area (Å²) in [5.74, 6) is -3.70. The number of nitrogens with zero attached hydrogens (tertiary/aromatic N) is 1. The van der Waals surface area contributed by atoms with Gasteiger partial charge in [-0.05, 0) is 35.7 Å². The minimum absolute atomic E-state index is 0.0153. The summed E-state index contributed by atoms with van der Waals surface area (Å²) < 4.78 is 41.3. The van der Waals surface area contributed by atoms with Gasteiger partial charge in [0.2, 0.25) is 11.8 Å². The lowest BCUT2D eigenvalue weighted by molar-refractivity contribution is -0.321. The highest BCUT2D eigenvalue weighted by Gasteiger charge is 2.69. The van der Waals surface area contributed by atoms with Crippen LogP contribution in [-0.4, -0.2) is 71.7 Å². The highest BCUT2D eigenvalue weighted by molar-refractivity contribution is 5.95. The van der Waals surface area contributed by atoms with Crippen LogP contribution in [-0.2, 0) is 23.9 Å². The number of amides is 3. The van der Waals surface area contributed by atoms with E-state index in [1.165, 1.54) is 4.90 Å². The number of benzene rings is 1. The van der Waals surface area contributed by atoms with Gasteiger partial charge in [0.1, 0.15) is 12.6 Å². The van der Waals surface area contributed by atoms with Gasteiger partial charge in [0.05, 0.1) is 6.04 Å². The minimum Gasteiger partial charge on any atom is -0.378 e. The highest BCUT2D eigenvalue weighted by atomic mass is 19.4. The standard InChI is InChI=1S/C25H30F3N3O6/c1-24(2)15-11-31(23(36)20(33)13-6-4-3-5-7-13)19(18(15)24)22(35)30-16(10-14-8-9-29-21(14)34)17(32)12-37-25(26,27)28/h3-7,14-16,18-20,33H,8-12H2,1-2H3,(H,29,34)(H,30,35)/t14-,15-,16+,18-,19-,20+/m0/s1. The van der Waals surface area contributed by atoms with Gasteiger partial charge in [-0.3, -0.25) is 23.9 Å². The Bertz CT molecular complexity index is 1060. The normalized spacial score (nSPS) is 27.7. The number of likely N-dealkylation sites (tertiary alicyclic amines) is 1. The Hall–Kier alpha value is -2.99. The van der Waals surface area contributed by atoms with Crippen molar-refractivity contribution in [2.45, 2.75) is 51.2 Å². The van der Waals surface area contributed by atoms with Crippen molar-refractivity contribution < 1.29 is 42.2 Å². The number of hydrogen-bond acceptors (Lipinski definition) is 6. The van der Waals surface area contributed by atoms with Crippen LogP contribution in [0.4, 0.5) is 13.2 Å². The first-order valence-corrected chi connectivity index (χ1v) is 12.2. The number of fused-ring (bicyclic) bond motifs is 1. The SMILES string of the molecule is CC1(C)[C@@H]2[C@@H](C(=O)N[C@H](C[C@@H]3CCNC3=O)C(=O)COC(F)(F)F)N(C(=O)[C@H](O)c3ccccc3)C[C@@H]21. The molecule has 0 spiro atoms. The second kappa shape index (κ2) is 10.1. The zero-order valence-corrected chi connectivity index (χ0v) is 20.5. The molecule has 6 atom stereocenters. The van der Waals surface area contributed by atoms with Gasteiger partial charge in [-0.1, -0.05) is 44.2 Å². The number of aliphatic hydroxyl groups excluding tert-OH is 1. The summed E-state index contributed by atoms with van der Waals surface area (Å²) >= 11 is 0. The molecule has 3 fully saturated rings. The summed E-state index contributed by atoms with van der Waals surface area (Å²) in [6, 6.07) is 5.79. The molecule has 3 aliphatic rings. The molecule has 3 N–H and O–H groups in total. The molecule has 12 heteroatoms. The number of carbonyl (C=O) groups is 4. The molecule has 0 unspecified atom stereocenters. The zero-order valence-electron chi connectivity index (χ0n) is 20.5. The van der Waals surface area contributed by atoms with E-state index >= 15 is 0 Å². The molecule has 2 heterocycles. The van der Waals surface area contributed by atoms with Gasteiger partial charge in [-0.25, -0.2) is 0 Å². The number of aliphatic hydroxyl groups is 1. The maximum Gasteiger partial charge on any atom is 0.522 e. The molecule has 1 saturated carbocycles. The number of rotatable bonds is 9. The Kier molecular flexibility index (Phi) is 7.35. The van der Waals surface area contributed by atoms with Gasteiger partial charge >= 0.3 is 6.36 Å². The number of ketones is 1. The quantitative estimate of drug-likeness (QED) is 0.447. The number of piperidine rings is 1. The van der Waals surface area contributed by atoms with Gasteiger partial charge in [0.25, 0.3) is 5.91 Å². The monoisotopic (exact) mass is 525 g/mol. The first-order valence-electron chi connectivity index (χ1n) is 12.2. The number of halogens is 3. The van der Waals surface area contributed by atoms with Crippen molar-refractivity contribution >= 4 is 23.5 Å². The molecule has 202 valence electrons.